The van der Waals surface area contributed by atoms with Crippen molar-refractivity contribution in [3.05, 3.63) is 29.8 Å². The van der Waals surface area contributed by atoms with Crippen LogP contribution in [-0.4, -0.2) is 19.0 Å². The summed E-state index contributed by atoms with van der Waals surface area (Å²) in [5, 5.41) is 6.56. The van der Waals surface area contributed by atoms with Crippen LogP contribution < -0.4 is 10.6 Å². The Balaban J connectivity index is 1.79. The third-order valence-corrected chi connectivity index (χ3v) is 4.77. The summed E-state index contributed by atoms with van der Waals surface area (Å²) in [5.41, 5.74) is 1.94. The Kier molecular flexibility index (Phi) is 3.31. The zero-order valence-electron chi connectivity index (χ0n) is 11.5. The lowest BCUT2D eigenvalue weighted by atomic mass is 9.67. The van der Waals surface area contributed by atoms with Gasteiger partial charge >= 0.3 is 0 Å². The van der Waals surface area contributed by atoms with Crippen molar-refractivity contribution in [3.8, 4) is 0 Å². The van der Waals surface area contributed by atoms with E-state index < -0.39 is 0 Å². The number of hydrogen-bond acceptors (Lipinski definition) is 2. The summed E-state index contributed by atoms with van der Waals surface area (Å²) >= 11 is 0. The van der Waals surface area contributed by atoms with Crippen molar-refractivity contribution in [2.75, 3.05) is 18.4 Å². The molecule has 102 valence electrons. The van der Waals surface area contributed by atoms with E-state index in [4.69, 9.17) is 0 Å². The van der Waals surface area contributed by atoms with E-state index in [1.807, 2.05) is 18.2 Å². The molecular formula is C16H22N2O. The first-order chi connectivity index (χ1) is 9.21. The van der Waals surface area contributed by atoms with Crippen molar-refractivity contribution in [3.63, 3.8) is 0 Å². The van der Waals surface area contributed by atoms with Crippen LogP contribution in [0.15, 0.2) is 24.3 Å². The first-order valence-corrected chi connectivity index (χ1v) is 7.29. The van der Waals surface area contributed by atoms with Crippen molar-refractivity contribution >= 4 is 11.6 Å². The van der Waals surface area contributed by atoms with E-state index in [1.54, 1.807) is 0 Å². The molecule has 0 bridgehead atoms. The second kappa shape index (κ2) is 4.97. The second-order valence-corrected chi connectivity index (χ2v) is 6.05. The van der Waals surface area contributed by atoms with Gasteiger partial charge in [0.1, 0.15) is 0 Å². The number of rotatable bonds is 2. The van der Waals surface area contributed by atoms with Crippen LogP contribution in [0, 0.1) is 18.3 Å². The molecule has 1 aliphatic heterocycles. The highest BCUT2D eigenvalue weighted by Gasteiger charge is 2.49. The SMILES string of the molecule is Cc1cccc(NC(=O)[C@@]23CCCC[C@H]2CNC3)c1. The van der Waals surface area contributed by atoms with Gasteiger partial charge in [0.15, 0.2) is 0 Å². The molecule has 19 heavy (non-hydrogen) atoms. The third-order valence-electron chi connectivity index (χ3n) is 4.77. The maximum Gasteiger partial charge on any atom is 0.232 e. The fraction of sp³-hybridized carbons (Fsp3) is 0.562. The van der Waals surface area contributed by atoms with Crippen molar-refractivity contribution in [2.45, 2.75) is 32.6 Å². The molecule has 0 spiro atoms. The largest absolute Gasteiger partial charge is 0.326 e. The molecule has 2 atom stereocenters. The Morgan fingerprint density at radius 3 is 3.16 bits per heavy atom. The summed E-state index contributed by atoms with van der Waals surface area (Å²) in [5.74, 6) is 0.735. The number of carbonyl (C=O) groups is 1. The summed E-state index contributed by atoms with van der Waals surface area (Å²) in [6.45, 7) is 3.89. The minimum absolute atomic E-state index is 0.165. The van der Waals surface area contributed by atoms with E-state index in [1.165, 1.54) is 24.8 Å². The van der Waals surface area contributed by atoms with Gasteiger partial charge in [-0.2, -0.15) is 0 Å². The number of benzene rings is 1. The monoisotopic (exact) mass is 258 g/mol. The fourth-order valence-electron chi connectivity index (χ4n) is 3.67. The van der Waals surface area contributed by atoms with Gasteiger partial charge in [0, 0.05) is 12.2 Å². The molecule has 1 heterocycles. The van der Waals surface area contributed by atoms with Crippen LogP contribution in [0.25, 0.3) is 0 Å². The summed E-state index contributed by atoms with van der Waals surface area (Å²) in [7, 11) is 0. The molecule has 3 heteroatoms. The van der Waals surface area contributed by atoms with Crippen molar-refractivity contribution in [1.29, 1.82) is 0 Å². The topological polar surface area (TPSA) is 41.1 Å². The van der Waals surface area contributed by atoms with E-state index in [0.717, 1.165) is 25.2 Å². The number of aryl methyl sites for hydroxylation is 1. The zero-order valence-corrected chi connectivity index (χ0v) is 11.5. The number of hydrogen-bond donors (Lipinski definition) is 2. The number of carbonyl (C=O) groups excluding carboxylic acids is 1. The van der Waals surface area contributed by atoms with Gasteiger partial charge in [-0.15, -0.1) is 0 Å². The number of fused-ring (bicyclic) bond motifs is 1. The molecule has 0 radical (unpaired) electrons. The molecule has 0 unspecified atom stereocenters. The summed E-state index contributed by atoms with van der Waals surface area (Å²) < 4.78 is 0. The number of anilines is 1. The lowest BCUT2D eigenvalue weighted by Gasteiger charge is -2.37. The van der Waals surface area contributed by atoms with Crippen LogP contribution in [0.2, 0.25) is 0 Å². The molecule has 3 nitrogen and oxygen atoms in total. The summed E-state index contributed by atoms with van der Waals surface area (Å²) in [6.07, 6.45) is 4.67. The van der Waals surface area contributed by atoms with Gasteiger partial charge < -0.3 is 10.6 Å². The van der Waals surface area contributed by atoms with Gasteiger partial charge in [0.25, 0.3) is 0 Å². The van der Waals surface area contributed by atoms with E-state index in [-0.39, 0.29) is 11.3 Å². The molecule has 0 aromatic heterocycles. The third kappa shape index (κ3) is 2.27. The molecule has 2 aliphatic rings. The molecule has 2 fully saturated rings. The van der Waals surface area contributed by atoms with Crippen LogP contribution in [0.5, 0.6) is 0 Å². The molecule has 1 saturated carbocycles. The maximum absolute atomic E-state index is 12.7. The predicted octanol–water partition coefficient (Wildman–Crippen LogP) is 2.71. The minimum atomic E-state index is -0.165. The van der Waals surface area contributed by atoms with Crippen molar-refractivity contribution < 1.29 is 4.79 Å². The van der Waals surface area contributed by atoms with Gasteiger partial charge in [0.2, 0.25) is 5.91 Å². The van der Waals surface area contributed by atoms with Gasteiger partial charge in [0.05, 0.1) is 5.41 Å². The van der Waals surface area contributed by atoms with Crippen molar-refractivity contribution in [2.24, 2.45) is 11.3 Å². The first kappa shape index (κ1) is 12.7. The van der Waals surface area contributed by atoms with Gasteiger partial charge in [-0.25, -0.2) is 0 Å². The zero-order chi connectivity index (χ0) is 13.3. The molecule has 1 saturated heterocycles. The van der Waals surface area contributed by atoms with Crippen molar-refractivity contribution in [1.82, 2.24) is 5.32 Å². The molecule has 1 aromatic rings. The lowest BCUT2D eigenvalue weighted by Crippen LogP contribution is -2.44. The normalized spacial score (nSPS) is 29.8. The van der Waals surface area contributed by atoms with E-state index in [9.17, 15) is 4.79 Å². The predicted molar refractivity (Wildman–Crippen MR) is 77.1 cm³/mol. The van der Waals surface area contributed by atoms with Crippen LogP contribution in [-0.2, 0) is 4.79 Å². The Hall–Kier alpha value is -1.35. The molecule has 2 N–H and O–H groups in total. The average molecular weight is 258 g/mol. The second-order valence-electron chi connectivity index (χ2n) is 6.05. The average Bonchev–Trinajstić information content (AvgIpc) is 2.83. The van der Waals surface area contributed by atoms with Crippen LogP contribution in [0.1, 0.15) is 31.2 Å². The molecular weight excluding hydrogens is 236 g/mol. The van der Waals surface area contributed by atoms with Gasteiger partial charge in [-0.3, -0.25) is 4.79 Å². The van der Waals surface area contributed by atoms with E-state index >= 15 is 0 Å². The standard InChI is InChI=1S/C16H22N2O/c1-12-5-4-7-14(9-12)18-15(19)16-8-3-2-6-13(16)10-17-11-16/h4-5,7,9,13,17H,2-3,6,8,10-11H2,1H3,(H,18,19)/t13-,16+/m0/s1. The minimum Gasteiger partial charge on any atom is -0.326 e. The Morgan fingerprint density at radius 2 is 2.32 bits per heavy atom. The Bertz CT molecular complexity index is 485. The lowest BCUT2D eigenvalue weighted by molar-refractivity contribution is -0.128. The Morgan fingerprint density at radius 1 is 1.42 bits per heavy atom. The van der Waals surface area contributed by atoms with Crippen LogP contribution >= 0.6 is 0 Å². The molecule has 1 amide bonds. The van der Waals surface area contributed by atoms with E-state index in [2.05, 4.69) is 23.6 Å². The maximum atomic E-state index is 12.7. The summed E-state index contributed by atoms with van der Waals surface area (Å²) in [6, 6.07) is 8.05. The quantitative estimate of drug-likeness (QED) is 0.856. The fourth-order valence-corrected chi connectivity index (χ4v) is 3.67. The molecule has 3 rings (SSSR count). The highest BCUT2D eigenvalue weighted by Crippen LogP contribution is 2.44. The van der Waals surface area contributed by atoms with Crippen LogP contribution in [0.4, 0.5) is 5.69 Å². The van der Waals surface area contributed by atoms with Gasteiger partial charge in [-0.1, -0.05) is 25.0 Å². The molecule has 1 aromatic carbocycles. The molecule has 1 aliphatic carbocycles. The number of nitrogens with one attached hydrogen (secondary N) is 2. The van der Waals surface area contributed by atoms with Gasteiger partial charge in [-0.05, 0) is 49.9 Å². The highest BCUT2D eigenvalue weighted by molar-refractivity contribution is 5.96. The van der Waals surface area contributed by atoms with E-state index in [0.29, 0.717) is 5.92 Å². The Labute approximate surface area is 114 Å². The smallest absolute Gasteiger partial charge is 0.232 e. The van der Waals surface area contributed by atoms with Crippen LogP contribution in [0.3, 0.4) is 0 Å². The highest BCUT2D eigenvalue weighted by atomic mass is 16.2. The summed E-state index contributed by atoms with van der Waals surface area (Å²) in [4.78, 5) is 12.7. The first-order valence-electron chi connectivity index (χ1n) is 7.29. The number of amides is 1.